The summed E-state index contributed by atoms with van der Waals surface area (Å²) in [5.41, 5.74) is 1.56. The summed E-state index contributed by atoms with van der Waals surface area (Å²) in [5.74, 6) is -0.331. The molecule has 1 fully saturated rings. The molecule has 0 radical (unpaired) electrons. The standard InChI is InChI=1S/C19H17FN2O2/c1-21-17(8-5-13-23)18(14-9-11-15(20)12-10-14)22(19(21)24)16-6-3-2-4-7-16/h2-13,17-18H,1H3/b8-5+. The Bertz CT molecular complexity index is 759. The molecule has 0 bridgehead atoms. The molecule has 1 saturated heterocycles. The van der Waals surface area contributed by atoms with E-state index in [4.69, 9.17) is 0 Å². The maximum Gasteiger partial charge on any atom is 0.325 e. The lowest BCUT2D eigenvalue weighted by atomic mass is 9.98. The third kappa shape index (κ3) is 2.80. The van der Waals surface area contributed by atoms with Crippen LogP contribution < -0.4 is 4.90 Å². The first-order valence-corrected chi connectivity index (χ1v) is 7.62. The van der Waals surface area contributed by atoms with Crippen LogP contribution in [0.4, 0.5) is 14.9 Å². The summed E-state index contributed by atoms with van der Waals surface area (Å²) in [7, 11) is 1.70. The van der Waals surface area contributed by atoms with Gasteiger partial charge in [0.15, 0.2) is 0 Å². The summed E-state index contributed by atoms with van der Waals surface area (Å²) in [4.78, 5) is 26.8. The topological polar surface area (TPSA) is 40.6 Å². The fraction of sp³-hybridized carbons (Fsp3) is 0.158. The van der Waals surface area contributed by atoms with Crippen molar-refractivity contribution in [1.82, 2.24) is 4.90 Å². The molecule has 2 aromatic carbocycles. The van der Waals surface area contributed by atoms with Crippen molar-refractivity contribution < 1.29 is 14.0 Å². The number of para-hydroxylation sites is 1. The molecule has 0 aliphatic carbocycles. The van der Waals surface area contributed by atoms with Crippen LogP contribution in [0.25, 0.3) is 0 Å². The van der Waals surface area contributed by atoms with Gasteiger partial charge in [0.05, 0.1) is 12.1 Å². The highest BCUT2D eigenvalue weighted by molar-refractivity contribution is 5.96. The number of hydrogen-bond acceptors (Lipinski definition) is 2. The van der Waals surface area contributed by atoms with Gasteiger partial charge in [0, 0.05) is 12.7 Å². The van der Waals surface area contributed by atoms with Gasteiger partial charge in [-0.1, -0.05) is 36.4 Å². The van der Waals surface area contributed by atoms with Crippen molar-refractivity contribution in [2.24, 2.45) is 0 Å². The van der Waals surface area contributed by atoms with Crippen molar-refractivity contribution >= 4 is 18.0 Å². The van der Waals surface area contributed by atoms with Crippen LogP contribution in [0.2, 0.25) is 0 Å². The largest absolute Gasteiger partial charge is 0.325 e. The number of carbonyl (C=O) groups is 2. The van der Waals surface area contributed by atoms with Crippen LogP contribution >= 0.6 is 0 Å². The van der Waals surface area contributed by atoms with Gasteiger partial charge in [0.25, 0.3) is 0 Å². The third-order valence-electron chi connectivity index (χ3n) is 4.19. The smallest absolute Gasteiger partial charge is 0.318 e. The Morgan fingerprint density at radius 1 is 1.04 bits per heavy atom. The van der Waals surface area contributed by atoms with E-state index in [1.165, 1.54) is 18.2 Å². The lowest BCUT2D eigenvalue weighted by Gasteiger charge is -2.26. The molecule has 0 saturated carbocycles. The van der Waals surface area contributed by atoms with E-state index >= 15 is 0 Å². The van der Waals surface area contributed by atoms with Gasteiger partial charge in [-0.15, -0.1) is 0 Å². The van der Waals surface area contributed by atoms with Gasteiger partial charge in [-0.05, 0) is 35.9 Å². The van der Waals surface area contributed by atoms with Crippen molar-refractivity contribution in [3.05, 3.63) is 78.1 Å². The molecule has 2 unspecified atom stereocenters. The summed E-state index contributed by atoms with van der Waals surface area (Å²) in [6.45, 7) is 0. The fourth-order valence-electron chi connectivity index (χ4n) is 3.04. The predicted molar refractivity (Wildman–Crippen MR) is 90.2 cm³/mol. The van der Waals surface area contributed by atoms with E-state index in [1.54, 1.807) is 35.1 Å². The number of nitrogens with zero attached hydrogens (tertiary/aromatic N) is 2. The molecule has 2 atom stereocenters. The number of aldehydes is 1. The predicted octanol–water partition coefficient (Wildman–Crippen LogP) is 3.56. The van der Waals surface area contributed by atoms with Crippen LogP contribution in [0, 0.1) is 5.82 Å². The number of hydrogen-bond donors (Lipinski definition) is 0. The molecule has 0 N–H and O–H groups in total. The van der Waals surface area contributed by atoms with E-state index in [0.29, 0.717) is 6.29 Å². The maximum atomic E-state index is 13.3. The molecule has 2 aromatic rings. The number of carbonyl (C=O) groups excluding carboxylic acids is 2. The number of anilines is 1. The minimum absolute atomic E-state index is 0.170. The maximum absolute atomic E-state index is 13.3. The molecule has 4 nitrogen and oxygen atoms in total. The van der Waals surface area contributed by atoms with Crippen LogP contribution in [-0.4, -0.2) is 30.3 Å². The first kappa shape index (κ1) is 15.9. The number of likely N-dealkylation sites (N-methyl/N-ethyl adjacent to an activating group) is 1. The van der Waals surface area contributed by atoms with Crippen molar-refractivity contribution in [3.8, 4) is 0 Å². The van der Waals surface area contributed by atoms with Gasteiger partial charge < -0.3 is 4.90 Å². The molecule has 3 rings (SSSR count). The molecule has 0 spiro atoms. The highest BCUT2D eigenvalue weighted by Crippen LogP contribution is 2.38. The van der Waals surface area contributed by atoms with Crippen LogP contribution in [0.3, 0.4) is 0 Å². The van der Waals surface area contributed by atoms with E-state index in [2.05, 4.69) is 0 Å². The van der Waals surface area contributed by atoms with Gasteiger partial charge in [0.2, 0.25) is 0 Å². The van der Waals surface area contributed by atoms with Gasteiger partial charge >= 0.3 is 6.03 Å². The second kappa shape index (κ2) is 6.66. The SMILES string of the molecule is CN1C(=O)N(c2ccccc2)C(c2ccc(F)cc2)C1/C=C/C=O. The minimum atomic E-state index is -0.346. The highest BCUT2D eigenvalue weighted by Gasteiger charge is 2.44. The Labute approximate surface area is 139 Å². The first-order chi connectivity index (χ1) is 11.6. The Morgan fingerprint density at radius 2 is 1.71 bits per heavy atom. The van der Waals surface area contributed by atoms with Gasteiger partial charge in [0.1, 0.15) is 12.1 Å². The molecular weight excluding hydrogens is 307 g/mol. The zero-order valence-corrected chi connectivity index (χ0v) is 13.2. The summed E-state index contributed by atoms with van der Waals surface area (Å²) >= 11 is 0. The summed E-state index contributed by atoms with van der Waals surface area (Å²) < 4.78 is 13.3. The van der Waals surface area contributed by atoms with Crippen molar-refractivity contribution in [2.45, 2.75) is 12.1 Å². The monoisotopic (exact) mass is 324 g/mol. The Kier molecular flexibility index (Phi) is 4.42. The summed E-state index contributed by atoms with van der Waals surface area (Å²) in [6.07, 6.45) is 3.77. The molecule has 1 aliphatic rings. The van der Waals surface area contributed by atoms with Crippen LogP contribution in [0.15, 0.2) is 66.7 Å². The number of amides is 2. The quantitative estimate of drug-likeness (QED) is 0.637. The average molecular weight is 324 g/mol. The molecule has 5 heteroatoms. The Hall–Kier alpha value is -2.95. The molecule has 1 aliphatic heterocycles. The van der Waals surface area contributed by atoms with Crippen molar-refractivity contribution in [3.63, 3.8) is 0 Å². The molecule has 2 amide bonds. The van der Waals surface area contributed by atoms with Crippen molar-refractivity contribution in [1.29, 1.82) is 0 Å². The number of rotatable bonds is 4. The summed E-state index contributed by atoms with van der Waals surface area (Å²) in [6, 6.07) is 14.6. The number of allylic oxidation sites excluding steroid dienone is 1. The van der Waals surface area contributed by atoms with E-state index in [1.807, 2.05) is 30.3 Å². The molecular formula is C19H17FN2O2. The lowest BCUT2D eigenvalue weighted by Crippen LogP contribution is -2.30. The zero-order valence-electron chi connectivity index (χ0n) is 13.2. The molecule has 122 valence electrons. The van der Waals surface area contributed by atoms with Crippen molar-refractivity contribution in [2.75, 3.05) is 11.9 Å². The number of benzene rings is 2. The average Bonchev–Trinajstić information content (AvgIpc) is 2.86. The van der Waals surface area contributed by atoms with Gasteiger partial charge in [-0.3, -0.25) is 9.69 Å². The fourth-order valence-corrected chi connectivity index (χ4v) is 3.04. The van der Waals surface area contributed by atoms with Crippen LogP contribution in [-0.2, 0) is 4.79 Å². The van der Waals surface area contributed by atoms with Gasteiger partial charge in [-0.2, -0.15) is 0 Å². The van der Waals surface area contributed by atoms with E-state index < -0.39 is 0 Å². The minimum Gasteiger partial charge on any atom is -0.318 e. The molecule has 24 heavy (non-hydrogen) atoms. The second-order valence-electron chi connectivity index (χ2n) is 5.61. The molecule has 1 heterocycles. The van der Waals surface area contributed by atoms with E-state index in [-0.39, 0.29) is 23.9 Å². The van der Waals surface area contributed by atoms with Gasteiger partial charge in [-0.25, -0.2) is 9.18 Å². The third-order valence-corrected chi connectivity index (χ3v) is 4.19. The second-order valence-corrected chi connectivity index (χ2v) is 5.61. The normalized spacial score (nSPS) is 20.8. The van der Waals surface area contributed by atoms with E-state index in [9.17, 15) is 14.0 Å². The van der Waals surface area contributed by atoms with Crippen LogP contribution in [0.1, 0.15) is 11.6 Å². The Balaban J connectivity index is 2.11. The lowest BCUT2D eigenvalue weighted by molar-refractivity contribution is -0.104. The summed E-state index contributed by atoms with van der Waals surface area (Å²) in [5, 5.41) is 0. The van der Waals surface area contributed by atoms with Crippen LogP contribution in [0.5, 0.6) is 0 Å². The zero-order chi connectivity index (χ0) is 17.1. The first-order valence-electron chi connectivity index (χ1n) is 7.62. The Morgan fingerprint density at radius 3 is 2.33 bits per heavy atom. The highest BCUT2D eigenvalue weighted by atomic mass is 19.1. The molecule has 0 aromatic heterocycles. The number of halogens is 1. The number of urea groups is 1. The van der Waals surface area contributed by atoms with E-state index in [0.717, 1.165) is 11.3 Å².